The lowest BCUT2D eigenvalue weighted by molar-refractivity contribution is -0.136. The van der Waals surface area contributed by atoms with Crippen LogP contribution >= 0.6 is 0 Å². The van der Waals surface area contributed by atoms with Crippen molar-refractivity contribution >= 4 is 11.6 Å². The fourth-order valence-corrected chi connectivity index (χ4v) is 3.39. The molecule has 2 aromatic rings. The number of methoxy groups -OCH3 is 1. The first-order valence-electron chi connectivity index (χ1n) is 8.87. The maximum atomic E-state index is 14.0. The zero-order valence-corrected chi connectivity index (χ0v) is 15.5. The quantitative estimate of drug-likeness (QED) is 0.841. The average molecular weight is 356 g/mol. The van der Waals surface area contributed by atoms with Crippen molar-refractivity contribution in [1.82, 2.24) is 4.90 Å². The normalized spacial score (nSPS) is 15.1. The predicted molar refractivity (Wildman–Crippen MR) is 101 cm³/mol. The zero-order valence-electron chi connectivity index (χ0n) is 15.5. The van der Waals surface area contributed by atoms with Crippen molar-refractivity contribution in [3.8, 4) is 5.75 Å². The second-order valence-corrected chi connectivity index (χ2v) is 7.08. The van der Waals surface area contributed by atoms with E-state index in [-0.39, 0.29) is 11.7 Å². The minimum absolute atomic E-state index is 0.0934. The van der Waals surface area contributed by atoms with Crippen molar-refractivity contribution in [3.63, 3.8) is 0 Å². The van der Waals surface area contributed by atoms with E-state index in [1.165, 1.54) is 6.07 Å². The Morgan fingerprint density at radius 2 is 1.62 bits per heavy atom. The Morgan fingerprint density at radius 3 is 2.19 bits per heavy atom. The minimum atomic E-state index is -0.619. The van der Waals surface area contributed by atoms with E-state index in [9.17, 15) is 9.18 Å². The van der Waals surface area contributed by atoms with Gasteiger partial charge in [0.15, 0.2) is 0 Å². The van der Waals surface area contributed by atoms with E-state index < -0.39 is 5.41 Å². The summed E-state index contributed by atoms with van der Waals surface area (Å²) < 4.78 is 19.2. The number of ether oxygens (including phenoxy) is 1. The molecule has 0 saturated carbocycles. The number of benzene rings is 2. The van der Waals surface area contributed by atoms with Crippen LogP contribution in [-0.4, -0.2) is 44.1 Å². The third-order valence-corrected chi connectivity index (χ3v) is 5.11. The summed E-state index contributed by atoms with van der Waals surface area (Å²) in [5, 5.41) is 0. The summed E-state index contributed by atoms with van der Waals surface area (Å²) in [6.07, 6.45) is 0. The molecule has 1 aliphatic rings. The Kier molecular flexibility index (Phi) is 5.16. The van der Waals surface area contributed by atoms with Crippen molar-refractivity contribution in [2.24, 2.45) is 0 Å². The second kappa shape index (κ2) is 7.36. The third kappa shape index (κ3) is 3.52. The number of hydrogen-bond donors (Lipinski definition) is 0. The maximum absolute atomic E-state index is 14.0. The topological polar surface area (TPSA) is 32.8 Å². The molecule has 0 atom stereocenters. The van der Waals surface area contributed by atoms with Crippen LogP contribution in [-0.2, 0) is 10.2 Å². The van der Waals surface area contributed by atoms with E-state index in [0.29, 0.717) is 31.9 Å². The van der Waals surface area contributed by atoms with E-state index in [0.717, 1.165) is 11.3 Å². The summed E-state index contributed by atoms with van der Waals surface area (Å²) in [6, 6.07) is 14.4. The van der Waals surface area contributed by atoms with Crippen LogP contribution in [0.25, 0.3) is 0 Å². The van der Waals surface area contributed by atoms with Gasteiger partial charge >= 0.3 is 0 Å². The fourth-order valence-electron chi connectivity index (χ4n) is 3.39. The maximum Gasteiger partial charge on any atom is 0.232 e. The van der Waals surface area contributed by atoms with E-state index in [1.54, 1.807) is 19.2 Å². The van der Waals surface area contributed by atoms with Gasteiger partial charge in [0.05, 0.1) is 18.2 Å². The molecule has 2 aromatic carbocycles. The summed E-state index contributed by atoms with van der Waals surface area (Å²) in [7, 11) is 1.63. The summed E-state index contributed by atoms with van der Waals surface area (Å²) in [5.74, 6) is 0.650. The van der Waals surface area contributed by atoms with Crippen LogP contribution in [0, 0.1) is 5.82 Å². The summed E-state index contributed by atoms with van der Waals surface area (Å²) in [4.78, 5) is 17.0. The molecule has 1 heterocycles. The Bertz CT molecular complexity index is 766. The van der Waals surface area contributed by atoms with Gasteiger partial charge in [0.2, 0.25) is 5.91 Å². The number of rotatable bonds is 4. The molecular formula is C21H25FN2O2. The standard InChI is InChI=1S/C21H25FN2O2/c1-21(2,16-8-10-17(26-3)11-9-16)20(25)24-14-12-23(13-15-24)19-7-5-4-6-18(19)22/h4-11H,12-15H2,1-3H3. The van der Waals surface area contributed by atoms with Gasteiger partial charge in [-0.15, -0.1) is 0 Å². The fraction of sp³-hybridized carbons (Fsp3) is 0.381. The molecular weight excluding hydrogens is 331 g/mol. The van der Waals surface area contributed by atoms with Crippen LogP contribution in [0.2, 0.25) is 0 Å². The van der Waals surface area contributed by atoms with E-state index >= 15 is 0 Å². The highest BCUT2D eigenvalue weighted by Gasteiger charge is 2.35. The van der Waals surface area contributed by atoms with Gasteiger partial charge in [-0.3, -0.25) is 4.79 Å². The molecule has 1 fully saturated rings. The van der Waals surface area contributed by atoms with Crippen LogP contribution in [0.15, 0.2) is 48.5 Å². The van der Waals surface area contributed by atoms with Crippen molar-refractivity contribution in [2.45, 2.75) is 19.3 Å². The Labute approximate surface area is 154 Å². The number of hydrogen-bond acceptors (Lipinski definition) is 3. The first kappa shape index (κ1) is 18.2. The predicted octanol–water partition coefficient (Wildman–Crippen LogP) is 3.46. The first-order chi connectivity index (χ1) is 12.4. The van der Waals surface area contributed by atoms with Gasteiger partial charge in [0.25, 0.3) is 0 Å². The Balaban J connectivity index is 1.68. The summed E-state index contributed by atoms with van der Waals surface area (Å²) >= 11 is 0. The third-order valence-electron chi connectivity index (χ3n) is 5.11. The lowest BCUT2D eigenvalue weighted by Gasteiger charge is -2.39. The number of para-hydroxylation sites is 1. The number of amides is 1. The monoisotopic (exact) mass is 356 g/mol. The highest BCUT2D eigenvalue weighted by Crippen LogP contribution is 2.28. The number of carbonyl (C=O) groups is 1. The summed E-state index contributed by atoms with van der Waals surface area (Å²) in [6.45, 7) is 6.33. The molecule has 0 spiro atoms. The number of halogens is 1. The smallest absolute Gasteiger partial charge is 0.232 e. The number of nitrogens with zero attached hydrogens (tertiary/aromatic N) is 2. The van der Waals surface area contributed by atoms with E-state index in [1.807, 2.05) is 54.0 Å². The largest absolute Gasteiger partial charge is 0.497 e. The van der Waals surface area contributed by atoms with E-state index in [4.69, 9.17) is 4.74 Å². The molecule has 1 amide bonds. The van der Waals surface area contributed by atoms with Crippen LogP contribution < -0.4 is 9.64 Å². The van der Waals surface area contributed by atoms with Crippen molar-refractivity contribution < 1.29 is 13.9 Å². The van der Waals surface area contributed by atoms with Crippen LogP contribution in [0.5, 0.6) is 5.75 Å². The van der Waals surface area contributed by atoms with Gasteiger partial charge in [-0.1, -0.05) is 24.3 Å². The molecule has 0 unspecified atom stereocenters. The number of piperazine rings is 1. The SMILES string of the molecule is COc1ccc(C(C)(C)C(=O)N2CCN(c3ccccc3F)CC2)cc1. The molecule has 1 saturated heterocycles. The van der Waals surface area contributed by atoms with E-state index in [2.05, 4.69) is 0 Å². The lowest BCUT2D eigenvalue weighted by Crippen LogP contribution is -2.53. The number of carbonyl (C=O) groups excluding carboxylic acids is 1. The van der Waals surface area contributed by atoms with Crippen LogP contribution in [0.3, 0.4) is 0 Å². The average Bonchev–Trinajstić information content (AvgIpc) is 2.68. The second-order valence-electron chi connectivity index (χ2n) is 7.08. The molecule has 138 valence electrons. The molecule has 1 aliphatic heterocycles. The molecule has 26 heavy (non-hydrogen) atoms. The molecule has 4 nitrogen and oxygen atoms in total. The zero-order chi connectivity index (χ0) is 18.7. The van der Waals surface area contributed by atoms with Gasteiger partial charge in [0.1, 0.15) is 11.6 Å². The molecule has 0 aliphatic carbocycles. The van der Waals surface area contributed by atoms with Crippen molar-refractivity contribution in [1.29, 1.82) is 0 Å². The number of anilines is 1. The van der Waals surface area contributed by atoms with Gasteiger partial charge in [-0.05, 0) is 43.7 Å². The van der Waals surface area contributed by atoms with Crippen molar-refractivity contribution in [3.05, 3.63) is 59.9 Å². The lowest BCUT2D eigenvalue weighted by atomic mass is 9.83. The molecule has 3 rings (SSSR count). The van der Waals surface area contributed by atoms with Crippen molar-refractivity contribution in [2.75, 3.05) is 38.2 Å². The Morgan fingerprint density at radius 1 is 1.00 bits per heavy atom. The minimum Gasteiger partial charge on any atom is -0.497 e. The molecule has 0 N–H and O–H groups in total. The van der Waals surface area contributed by atoms with Gasteiger partial charge in [0, 0.05) is 26.2 Å². The molecule has 0 bridgehead atoms. The van der Waals surface area contributed by atoms with Gasteiger partial charge < -0.3 is 14.5 Å². The summed E-state index contributed by atoms with van der Waals surface area (Å²) in [5.41, 5.74) is 0.945. The molecule has 5 heteroatoms. The highest BCUT2D eigenvalue weighted by molar-refractivity contribution is 5.87. The molecule has 0 aromatic heterocycles. The van der Waals surface area contributed by atoms with Gasteiger partial charge in [-0.2, -0.15) is 0 Å². The first-order valence-corrected chi connectivity index (χ1v) is 8.87. The van der Waals surface area contributed by atoms with Crippen LogP contribution in [0.4, 0.5) is 10.1 Å². The van der Waals surface area contributed by atoms with Crippen LogP contribution in [0.1, 0.15) is 19.4 Å². The Hall–Kier alpha value is -2.56. The molecule has 0 radical (unpaired) electrons. The van der Waals surface area contributed by atoms with Gasteiger partial charge in [-0.25, -0.2) is 4.39 Å². The highest BCUT2D eigenvalue weighted by atomic mass is 19.1.